The molecule has 2 aliphatic heterocycles. The maximum Gasteiger partial charge on any atom is 0.169 e. The van der Waals surface area contributed by atoms with Gasteiger partial charge in [0.25, 0.3) is 0 Å². The van der Waals surface area contributed by atoms with Crippen molar-refractivity contribution < 1.29 is 9.47 Å². The molecule has 2 heteroatoms. The van der Waals surface area contributed by atoms with Gasteiger partial charge in [-0.25, -0.2) is 0 Å². The van der Waals surface area contributed by atoms with Crippen LogP contribution >= 0.6 is 0 Å². The van der Waals surface area contributed by atoms with Crippen LogP contribution in [0.2, 0.25) is 0 Å². The summed E-state index contributed by atoms with van der Waals surface area (Å²) < 4.78 is 12.8. The summed E-state index contributed by atoms with van der Waals surface area (Å²) in [5, 5.41) is 0. The van der Waals surface area contributed by atoms with Crippen LogP contribution in [0.1, 0.15) is 117 Å². The van der Waals surface area contributed by atoms with Gasteiger partial charge in [0.15, 0.2) is 5.79 Å². The molecule has 0 spiro atoms. The molecule has 0 radical (unpaired) electrons. The first-order chi connectivity index (χ1) is 11.3. The summed E-state index contributed by atoms with van der Waals surface area (Å²) in [4.78, 5) is 0. The SMILES string of the molecule is CCCCCCCCCC[C@]12CCC[C@H](O1)[C@@H](CCCCC)O2. The fourth-order valence-electron chi connectivity index (χ4n) is 4.28. The molecule has 0 aromatic rings. The topological polar surface area (TPSA) is 18.5 Å². The van der Waals surface area contributed by atoms with Crippen LogP contribution in [0.5, 0.6) is 0 Å². The summed E-state index contributed by atoms with van der Waals surface area (Å²) in [6.07, 6.45) is 21.7. The van der Waals surface area contributed by atoms with Crippen molar-refractivity contribution in [1.29, 1.82) is 0 Å². The number of hydrogen-bond donors (Lipinski definition) is 0. The molecule has 136 valence electrons. The van der Waals surface area contributed by atoms with Crippen molar-refractivity contribution in [2.24, 2.45) is 0 Å². The average Bonchev–Trinajstić information content (AvgIpc) is 2.80. The first-order valence-corrected chi connectivity index (χ1v) is 10.7. The summed E-state index contributed by atoms with van der Waals surface area (Å²) in [6, 6.07) is 0. The molecular weight excluding hydrogens is 284 g/mol. The summed E-state index contributed by atoms with van der Waals surface area (Å²) in [5.41, 5.74) is 0. The summed E-state index contributed by atoms with van der Waals surface area (Å²) in [5.74, 6) is -0.192. The highest BCUT2D eigenvalue weighted by molar-refractivity contribution is 4.90. The fraction of sp³-hybridized carbons (Fsp3) is 1.00. The van der Waals surface area contributed by atoms with Gasteiger partial charge in [-0.2, -0.15) is 0 Å². The Bertz CT molecular complexity index is 304. The van der Waals surface area contributed by atoms with Gasteiger partial charge in [0.2, 0.25) is 0 Å². The van der Waals surface area contributed by atoms with Gasteiger partial charge in [-0.05, 0) is 25.7 Å². The van der Waals surface area contributed by atoms with Gasteiger partial charge in [-0.3, -0.25) is 0 Å². The fourth-order valence-corrected chi connectivity index (χ4v) is 4.28. The number of unbranched alkanes of at least 4 members (excludes halogenated alkanes) is 9. The largest absolute Gasteiger partial charge is 0.344 e. The first kappa shape index (κ1) is 19.2. The lowest BCUT2D eigenvalue weighted by Gasteiger charge is -2.31. The van der Waals surface area contributed by atoms with E-state index < -0.39 is 0 Å². The molecule has 2 nitrogen and oxygen atoms in total. The van der Waals surface area contributed by atoms with Gasteiger partial charge < -0.3 is 9.47 Å². The maximum atomic E-state index is 6.46. The predicted octanol–water partition coefficient (Wildman–Crippen LogP) is 6.76. The van der Waals surface area contributed by atoms with Crippen LogP contribution in [0, 0.1) is 0 Å². The van der Waals surface area contributed by atoms with E-state index in [1.165, 1.54) is 89.9 Å². The van der Waals surface area contributed by atoms with E-state index >= 15 is 0 Å². The van der Waals surface area contributed by atoms with Gasteiger partial charge in [0.1, 0.15) is 0 Å². The number of ether oxygens (including phenoxy) is 2. The van der Waals surface area contributed by atoms with Gasteiger partial charge in [-0.15, -0.1) is 0 Å². The third-order valence-electron chi connectivity index (χ3n) is 5.70. The van der Waals surface area contributed by atoms with E-state index in [2.05, 4.69) is 13.8 Å². The van der Waals surface area contributed by atoms with Crippen LogP contribution in [0.4, 0.5) is 0 Å². The second-order valence-corrected chi connectivity index (χ2v) is 7.84. The zero-order valence-electron chi connectivity index (χ0n) is 15.8. The molecule has 23 heavy (non-hydrogen) atoms. The first-order valence-electron chi connectivity index (χ1n) is 10.7. The minimum absolute atomic E-state index is 0.192. The maximum absolute atomic E-state index is 6.46. The lowest BCUT2D eigenvalue weighted by molar-refractivity contribution is -0.198. The zero-order chi connectivity index (χ0) is 16.4. The lowest BCUT2D eigenvalue weighted by atomic mass is 9.96. The van der Waals surface area contributed by atoms with Gasteiger partial charge in [0.05, 0.1) is 12.2 Å². The number of fused-ring (bicyclic) bond motifs is 2. The van der Waals surface area contributed by atoms with E-state index in [1.54, 1.807) is 0 Å². The van der Waals surface area contributed by atoms with Crippen LogP contribution in [0.3, 0.4) is 0 Å². The van der Waals surface area contributed by atoms with Crippen LogP contribution in [-0.4, -0.2) is 18.0 Å². The molecule has 0 aromatic heterocycles. The third kappa shape index (κ3) is 6.38. The molecule has 0 N–H and O–H groups in total. The van der Waals surface area contributed by atoms with Crippen molar-refractivity contribution in [3.05, 3.63) is 0 Å². The number of rotatable bonds is 13. The standard InChI is InChI=1S/C21H40O2/c1-3-5-7-8-9-10-11-13-17-21-18-14-16-20(23-21)19(22-21)15-12-6-4-2/h19-20H,3-18H2,1-2H3/t19-,20+,21-/m1/s1. The molecular formula is C21H40O2. The molecule has 0 unspecified atom stereocenters. The van der Waals surface area contributed by atoms with Crippen molar-refractivity contribution in [2.45, 2.75) is 135 Å². The van der Waals surface area contributed by atoms with Crippen molar-refractivity contribution in [1.82, 2.24) is 0 Å². The van der Waals surface area contributed by atoms with Crippen LogP contribution in [-0.2, 0) is 9.47 Å². The van der Waals surface area contributed by atoms with Gasteiger partial charge in [-0.1, -0.05) is 78.1 Å². The second kappa shape index (κ2) is 10.7. The van der Waals surface area contributed by atoms with Crippen LogP contribution in [0.15, 0.2) is 0 Å². The molecule has 2 bridgehead atoms. The molecule has 0 aliphatic carbocycles. The Labute approximate surface area is 144 Å². The van der Waals surface area contributed by atoms with E-state index in [0.717, 1.165) is 12.8 Å². The van der Waals surface area contributed by atoms with Crippen LogP contribution in [0.25, 0.3) is 0 Å². The molecule has 2 fully saturated rings. The van der Waals surface area contributed by atoms with E-state index in [4.69, 9.17) is 9.47 Å². The number of hydrogen-bond acceptors (Lipinski definition) is 2. The van der Waals surface area contributed by atoms with E-state index in [-0.39, 0.29) is 5.79 Å². The molecule has 2 heterocycles. The normalized spacial score (nSPS) is 30.0. The Morgan fingerprint density at radius 3 is 2.17 bits per heavy atom. The highest BCUT2D eigenvalue weighted by atomic mass is 16.8. The van der Waals surface area contributed by atoms with E-state index in [9.17, 15) is 0 Å². The lowest BCUT2D eigenvalue weighted by Crippen LogP contribution is -2.34. The quantitative estimate of drug-likeness (QED) is 0.348. The Hall–Kier alpha value is -0.0800. The summed E-state index contributed by atoms with van der Waals surface area (Å²) >= 11 is 0. The molecule has 2 saturated heterocycles. The molecule has 0 saturated carbocycles. The van der Waals surface area contributed by atoms with Crippen molar-refractivity contribution in [3.8, 4) is 0 Å². The highest BCUT2D eigenvalue weighted by Gasteiger charge is 2.49. The Kier molecular flexibility index (Phi) is 8.97. The monoisotopic (exact) mass is 324 g/mol. The predicted molar refractivity (Wildman–Crippen MR) is 97.7 cm³/mol. The minimum Gasteiger partial charge on any atom is -0.344 e. The van der Waals surface area contributed by atoms with Crippen molar-refractivity contribution in [3.63, 3.8) is 0 Å². The summed E-state index contributed by atoms with van der Waals surface area (Å²) in [6.45, 7) is 4.56. The van der Waals surface area contributed by atoms with Gasteiger partial charge >= 0.3 is 0 Å². The molecule has 2 aliphatic rings. The molecule has 0 amide bonds. The molecule has 3 atom stereocenters. The van der Waals surface area contributed by atoms with Gasteiger partial charge in [0, 0.05) is 12.8 Å². The Balaban J connectivity index is 1.60. The summed E-state index contributed by atoms with van der Waals surface area (Å²) in [7, 11) is 0. The molecule has 2 rings (SSSR count). The minimum atomic E-state index is -0.192. The van der Waals surface area contributed by atoms with Crippen molar-refractivity contribution in [2.75, 3.05) is 0 Å². The van der Waals surface area contributed by atoms with Crippen LogP contribution < -0.4 is 0 Å². The van der Waals surface area contributed by atoms with E-state index in [1.807, 2.05) is 0 Å². The highest BCUT2D eigenvalue weighted by Crippen LogP contribution is 2.44. The Morgan fingerprint density at radius 2 is 1.43 bits per heavy atom. The van der Waals surface area contributed by atoms with Crippen molar-refractivity contribution >= 4 is 0 Å². The Morgan fingerprint density at radius 1 is 0.783 bits per heavy atom. The van der Waals surface area contributed by atoms with E-state index in [0.29, 0.717) is 12.2 Å². The molecule has 0 aromatic carbocycles. The second-order valence-electron chi connectivity index (χ2n) is 7.84. The zero-order valence-corrected chi connectivity index (χ0v) is 15.8. The third-order valence-corrected chi connectivity index (χ3v) is 5.70. The smallest absolute Gasteiger partial charge is 0.169 e. The average molecular weight is 325 g/mol.